The molecule has 100 valence electrons. The van der Waals surface area contributed by atoms with E-state index in [4.69, 9.17) is 4.74 Å². The van der Waals surface area contributed by atoms with Crippen molar-refractivity contribution in [1.29, 1.82) is 0 Å². The summed E-state index contributed by atoms with van der Waals surface area (Å²) in [6.45, 7) is 6.23. The summed E-state index contributed by atoms with van der Waals surface area (Å²) in [5, 5.41) is 0. The van der Waals surface area contributed by atoms with Gasteiger partial charge in [-0.3, -0.25) is 4.79 Å². The number of carbonyl (C=O) groups is 1. The Labute approximate surface area is 118 Å². The third kappa shape index (κ3) is 3.44. The molecule has 0 N–H and O–H groups in total. The van der Waals surface area contributed by atoms with Gasteiger partial charge in [0.25, 0.3) is 0 Å². The maximum atomic E-state index is 11.6. The SMILES string of the molecule is CCc1ccc(COc2cc(C)ccc2C(C)=O)s1. The summed E-state index contributed by atoms with van der Waals surface area (Å²) >= 11 is 1.76. The van der Waals surface area contributed by atoms with Crippen LogP contribution < -0.4 is 4.74 Å². The molecule has 0 bridgehead atoms. The number of Topliss-reactive ketones (excluding diaryl/α,β-unsaturated/α-hetero) is 1. The molecule has 1 aromatic carbocycles. The van der Waals surface area contributed by atoms with Crippen LogP contribution in [0.25, 0.3) is 0 Å². The second kappa shape index (κ2) is 6.02. The first kappa shape index (κ1) is 13.8. The van der Waals surface area contributed by atoms with E-state index in [2.05, 4.69) is 19.1 Å². The molecule has 0 unspecified atom stereocenters. The molecule has 1 heterocycles. The Kier molecular flexibility index (Phi) is 4.38. The third-order valence-electron chi connectivity index (χ3n) is 2.95. The van der Waals surface area contributed by atoms with E-state index < -0.39 is 0 Å². The van der Waals surface area contributed by atoms with Crippen molar-refractivity contribution in [2.75, 3.05) is 0 Å². The molecule has 2 nitrogen and oxygen atoms in total. The van der Waals surface area contributed by atoms with Gasteiger partial charge in [0.15, 0.2) is 5.78 Å². The van der Waals surface area contributed by atoms with Crippen molar-refractivity contribution in [3.05, 3.63) is 51.2 Å². The third-order valence-corrected chi connectivity index (χ3v) is 4.16. The maximum absolute atomic E-state index is 11.6. The molecule has 0 aliphatic heterocycles. The number of benzene rings is 1. The average Bonchev–Trinajstić information content (AvgIpc) is 2.84. The van der Waals surface area contributed by atoms with Gasteiger partial charge in [0.1, 0.15) is 12.4 Å². The van der Waals surface area contributed by atoms with Crippen LogP contribution in [0.15, 0.2) is 30.3 Å². The molecule has 0 spiro atoms. The monoisotopic (exact) mass is 274 g/mol. The molecule has 0 radical (unpaired) electrons. The Balaban J connectivity index is 2.14. The zero-order chi connectivity index (χ0) is 13.8. The molecule has 0 amide bonds. The first-order valence-electron chi connectivity index (χ1n) is 6.42. The van der Waals surface area contributed by atoms with Gasteiger partial charge in [-0.1, -0.05) is 13.0 Å². The zero-order valence-electron chi connectivity index (χ0n) is 11.5. The number of aryl methyl sites for hydroxylation is 2. The summed E-state index contributed by atoms with van der Waals surface area (Å²) in [5.41, 5.74) is 1.75. The molecule has 2 aromatic rings. The topological polar surface area (TPSA) is 26.3 Å². The average molecular weight is 274 g/mol. The van der Waals surface area contributed by atoms with E-state index in [0.717, 1.165) is 12.0 Å². The van der Waals surface area contributed by atoms with Crippen LogP contribution in [0.3, 0.4) is 0 Å². The minimum atomic E-state index is 0.0374. The number of hydrogen-bond acceptors (Lipinski definition) is 3. The van der Waals surface area contributed by atoms with Crippen molar-refractivity contribution in [2.24, 2.45) is 0 Å². The molecule has 0 saturated carbocycles. The Hall–Kier alpha value is -1.61. The minimum Gasteiger partial charge on any atom is -0.487 e. The van der Waals surface area contributed by atoms with E-state index in [1.165, 1.54) is 9.75 Å². The van der Waals surface area contributed by atoms with Crippen LogP contribution >= 0.6 is 11.3 Å². The van der Waals surface area contributed by atoms with Crippen LogP contribution in [0, 0.1) is 6.92 Å². The van der Waals surface area contributed by atoms with Crippen LogP contribution in [-0.4, -0.2) is 5.78 Å². The molecule has 0 fully saturated rings. The van der Waals surface area contributed by atoms with E-state index in [1.807, 2.05) is 25.1 Å². The van der Waals surface area contributed by atoms with Gasteiger partial charge in [-0.25, -0.2) is 0 Å². The predicted octanol–water partition coefficient (Wildman–Crippen LogP) is 4.40. The number of rotatable bonds is 5. The van der Waals surface area contributed by atoms with E-state index in [0.29, 0.717) is 17.9 Å². The molecule has 0 aliphatic rings. The maximum Gasteiger partial charge on any atom is 0.163 e. The van der Waals surface area contributed by atoms with Gasteiger partial charge in [0, 0.05) is 9.75 Å². The molecule has 0 aliphatic carbocycles. The van der Waals surface area contributed by atoms with Crippen molar-refractivity contribution in [1.82, 2.24) is 0 Å². The van der Waals surface area contributed by atoms with Gasteiger partial charge >= 0.3 is 0 Å². The summed E-state index contributed by atoms with van der Waals surface area (Å²) in [5.74, 6) is 0.717. The molecule has 0 saturated heterocycles. The highest BCUT2D eigenvalue weighted by Crippen LogP contribution is 2.24. The number of ether oxygens (including phenoxy) is 1. The number of carbonyl (C=O) groups excluding carboxylic acids is 1. The normalized spacial score (nSPS) is 10.5. The second-order valence-corrected chi connectivity index (χ2v) is 5.82. The van der Waals surface area contributed by atoms with E-state index in [-0.39, 0.29) is 5.78 Å². The summed E-state index contributed by atoms with van der Waals surface area (Å²) < 4.78 is 5.81. The Morgan fingerprint density at radius 1 is 1.21 bits per heavy atom. The lowest BCUT2D eigenvalue weighted by Crippen LogP contribution is -2.01. The number of hydrogen-bond donors (Lipinski definition) is 0. The lowest BCUT2D eigenvalue weighted by atomic mass is 10.1. The molecular formula is C16H18O2S. The standard InChI is InChI=1S/C16H18O2S/c1-4-13-6-7-14(19-13)10-18-16-9-11(2)5-8-15(16)12(3)17/h5-9H,4,10H2,1-3H3. The van der Waals surface area contributed by atoms with Gasteiger partial charge < -0.3 is 4.74 Å². The minimum absolute atomic E-state index is 0.0374. The van der Waals surface area contributed by atoms with Crippen LogP contribution in [0.2, 0.25) is 0 Å². The fourth-order valence-electron chi connectivity index (χ4n) is 1.88. The fourth-order valence-corrected chi connectivity index (χ4v) is 2.75. The molecule has 1 aromatic heterocycles. The number of ketones is 1. The highest BCUT2D eigenvalue weighted by atomic mass is 32.1. The van der Waals surface area contributed by atoms with Gasteiger partial charge in [-0.05, 0) is 50.1 Å². The first-order valence-corrected chi connectivity index (χ1v) is 7.23. The zero-order valence-corrected chi connectivity index (χ0v) is 12.3. The Morgan fingerprint density at radius 3 is 2.58 bits per heavy atom. The highest BCUT2D eigenvalue weighted by Gasteiger charge is 2.09. The first-order chi connectivity index (χ1) is 9.10. The van der Waals surface area contributed by atoms with Crippen molar-refractivity contribution in [3.63, 3.8) is 0 Å². The highest BCUT2D eigenvalue weighted by molar-refractivity contribution is 7.11. The smallest absolute Gasteiger partial charge is 0.163 e. The van der Waals surface area contributed by atoms with E-state index in [1.54, 1.807) is 18.3 Å². The van der Waals surface area contributed by atoms with Crippen molar-refractivity contribution >= 4 is 17.1 Å². The van der Waals surface area contributed by atoms with Gasteiger partial charge in [0.2, 0.25) is 0 Å². The van der Waals surface area contributed by atoms with Crippen LogP contribution in [0.4, 0.5) is 0 Å². The van der Waals surface area contributed by atoms with E-state index >= 15 is 0 Å². The summed E-state index contributed by atoms with van der Waals surface area (Å²) in [7, 11) is 0. The summed E-state index contributed by atoms with van der Waals surface area (Å²) in [6.07, 6.45) is 1.05. The Bertz CT molecular complexity index is 584. The van der Waals surface area contributed by atoms with Gasteiger partial charge in [-0.15, -0.1) is 11.3 Å². The molecule has 0 atom stereocenters. The molecular weight excluding hydrogens is 256 g/mol. The molecule has 19 heavy (non-hydrogen) atoms. The second-order valence-electron chi connectivity index (χ2n) is 4.57. The molecule has 2 rings (SSSR count). The van der Waals surface area contributed by atoms with Crippen molar-refractivity contribution in [3.8, 4) is 5.75 Å². The van der Waals surface area contributed by atoms with Crippen LogP contribution in [-0.2, 0) is 13.0 Å². The fraction of sp³-hybridized carbons (Fsp3) is 0.312. The Morgan fingerprint density at radius 2 is 1.95 bits per heavy atom. The quantitative estimate of drug-likeness (QED) is 0.755. The van der Waals surface area contributed by atoms with Crippen LogP contribution in [0.5, 0.6) is 5.75 Å². The van der Waals surface area contributed by atoms with E-state index in [9.17, 15) is 4.79 Å². The lowest BCUT2D eigenvalue weighted by Gasteiger charge is -2.09. The van der Waals surface area contributed by atoms with Gasteiger partial charge in [0.05, 0.1) is 5.56 Å². The van der Waals surface area contributed by atoms with Crippen molar-refractivity contribution < 1.29 is 9.53 Å². The predicted molar refractivity (Wildman–Crippen MR) is 79.2 cm³/mol. The van der Waals surface area contributed by atoms with Crippen LogP contribution in [0.1, 0.15) is 39.5 Å². The number of thiophene rings is 1. The largest absolute Gasteiger partial charge is 0.487 e. The van der Waals surface area contributed by atoms with Gasteiger partial charge in [-0.2, -0.15) is 0 Å². The van der Waals surface area contributed by atoms with Crippen molar-refractivity contribution in [2.45, 2.75) is 33.8 Å². The summed E-state index contributed by atoms with van der Waals surface area (Å²) in [6, 6.07) is 9.91. The summed E-state index contributed by atoms with van der Waals surface area (Å²) in [4.78, 5) is 14.1. The molecule has 3 heteroatoms. The lowest BCUT2D eigenvalue weighted by molar-refractivity contribution is 0.101.